The summed E-state index contributed by atoms with van der Waals surface area (Å²) in [6.45, 7) is 13.4. The highest BCUT2D eigenvalue weighted by Gasteiger charge is 2.58. The Hall–Kier alpha value is -1.63. The van der Waals surface area contributed by atoms with Crippen molar-refractivity contribution in [3.63, 3.8) is 0 Å². The quantitative estimate of drug-likeness (QED) is 0.288. The van der Waals surface area contributed by atoms with Gasteiger partial charge in [0, 0.05) is 24.0 Å². The van der Waals surface area contributed by atoms with Crippen molar-refractivity contribution in [2.75, 3.05) is 25.6 Å². The highest BCUT2D eigenvalue weighted by atomic mass is 28.4. The molecular formula is C27H42N2O3Si. The summed E-state index contributed by atoms with van der Waals surface area (Å²) < 4.78 is 11.6. The van der Waals surface area contributed by atoms with Crippen LogP contribution in [0.5, 0.6) is 0 Å². The smallest absolute Gasteiger partial charge is 0.335 e. The molecule has 3 aliphatic rings. The lowest BCUT2D eigenvalue weighted by Gasteiger charge is -2.43. The Morgan fingerprint density at radius 3 is 2.67 bits per heavy atom. The van der Waals surface area contributed by atoms with Crippen LogP contribution in [-0.4, -0.2) is 40.6 Å². The first-order valence-corrected chi connectivity index (χ1v) is 15.6. The number of benzene rings is 1. The van der Waals surface area contributed by atoms with Crippen LogP contribution in [0.3, 0.4) is 0 Å². The molecule has 2 N–H and O–H groups in total. The average Bonchev–Trinajstić information content (AvgIpc) is 3.36. The van der Waals surface area contributed by atoms with Gasteiger partial charge in [0.25, 0.3) is 0 Å². The predicted octanol–water partition coefficient (Wildman–Crippen LogP) is 5.74. The van der Waals surface area contributed by atoms with Crippen molar-refractivity contribution in [3.8, 4) is 0 Å². The zero-order valence-electron chi connectivity index (χ0n) is 21.3. The number of hydrogen-bond acceptors (Lipinski definition) is 5. The first-order chi connectivity index (χ1) is 15.6. The summed E-state index contributed by atoms with van der Waals surface area (Å²) >= 11 is 0. The van der Waals surface area contributed by atoms with Crippen LogP contribution in [-0.2, 0) is 19.4 Å². The summed E-state index contributed by atoms with van der Waals surface area (Å²) in [6.07, 6.45) is 6.37. The molecule has 2 heterocycles. The largest absolute Gasteiger partial charge is 0.466 e. The third-order valence-electron chi connectivity index (χ3n) is 8.69. The normalized spacial score (nSPS) is 26.5. The van der Waals surface area contributed by atoms with Crippen LogP contribution in [0.25, 0.3) is 0 Å². The van der Waals surface area contributed by atoms with E-state index in [0.717, 1.165) is 55.8 Å². The first-order valence-electron chi connectivity index (χ1n) is 12.7. The van der Waals surface area contributed by atoms with Gasteiger partial charge in [-0.3, -0.25) is 0 Å². The number of hydrogen-bond donors (Lipinski definition) is 2. The molecule has 0 bridgehead atoms. The zero-order valence-corrected chi connectivity index (χ0v) is 22.3. The Morgan fingerprint density at radius 2 is 1.94 bits per heavy atom. The SMILES string of the molecule is COC(=O)C1=C2Nc3ccccc3[C@]23CCN[C@@H]3[C@@H](CCCCCO[Si](C)(C)C(C)(C)C)C1. The highest BCUT2D eigenvalue weighted by molar-refractivity contribution is 6.74. The molecule has 4 rings (SSSR count). The number of unbranched alkanes of at least 4 members (excludes halogenated alkanes) is 2. The summed E-state index contributed by atoms with van der Waals surface area (Å²) in [4.78, 5) is 12.8. The molecule has 0 aromatic heterocycles. The molecule has 33 heavy (non-hydrogen) atoms. The number of rotatable bonds is 8. The molecule has 1 aromatic rings. The molecule has 5 nitrogen and oxygen atoms in total. The summed E-state index contributed by atoms with van der Waals surface area (Å²) in [5.41, 5.74) is 4.29. The van der Waals surface area contributed by atoms with E-state index in [9.17, 15) is 4.79 Å². The van der Waals surface area contributed by atoms with Gasteiger partial charge in [0.15, 0.2) is 8.32 Å². The molecule has 182 valence electrons. The Morgan fingerprint density at radius 1 is 1.18 bits per heavy atom. The van der Waals surface area contributed by atoms with E-state index < -0.39 is 8.32 Å². The monoisotopic (exact) mass is 470 g/mol. The standard InChI is InChI=1S/C27H42N2O3Si/c1-26(2,3)33(5,6)32-17-11-7-8-12-19-18-20(25(30)31-4)24-27(15-16-28-23(19)27)21-13-9-10-14-22(21)29-24/h9-10,13-14,19,23,28-29H,7-8,11-12,15-18H2,1-6H3/t19-,23+,27-/m0/s1. The molecule has 1 fully saturated rings. The number of methoxy groups -OCH3 is 1. The molecule has 3 atom stereocenters. The highest BCUT2D eigenvalue weighted by Crippen LogP contribution is 2.57. The van der Waals surface area contributed by atoms with E-state index in [1.807, 2.05) is 0 Å². The van der Waals surface area contributed by atoms with Crippen molar-refractivity contribution < 1.29 is 14.0 Å². The fourth-order valence-corrected chi connectivity index (χ4v) is 6.99. The van der Waals surface area contributed by atoms with Gasteiger partial charge in [-0.25, -0.2) is 4.79 Å². The van der Waals surface area contributed by atoms with Gasteiger partial charge in [0.1, 0.15) is 0 Å². The van der Waals surface area contributed by atoms with E-state index >= 15 is 0 Å². The van der Waals surface area contributed by atoms with Crippen LogP contribution in [0.15, 0.2) is 35.5 Å². The van der Waals surface area contributed by atoms with E-state index in [2.05, 4.69) is 68.8 Å². The number of anilines is 1. The van der Waals surface area contributed by atoms with Crippen LogP contribution in [0, 0.1) is 5.92 Å². The topological polar surface area (TPSA) is 59.6 Å². The third-order valence-corrected chi connectivity index (χ3v) is 13.2. The molecule has 0 unspecified atom stereocenters. The van der Waals surface area contributed by atoms with Gasteiger partial charge in [-0.2, -0.15) is 0 Å². The Balaban J connectivity index is 1.44. The number of esters is 1. The maximum atomic E-state index is 12.8. The molecule has 1 aromatic carbocycles. The van der Waals surface area contributed by atoms with Gasteiger partial charge in [-0.15, -0.1) is 0 Å². The lowest BCUT2D eigenvalue weighted by molar-refractivity contribution is -0.136. The number of carbonyl (C=O) groups excluding carboxylic acids is 1. The van der Waals surface area contributed by atoms with E-state index in [0.29, 0.717) is 12.0 Å². The molecule has 0 amide bonds. The fourth-order valence-electron chi connectivity index (χ4n) is 5.90. The van der Waals surface area contributed by atoms with Crippen molar-refractivity contribution in [2.24, 2.45) is 5.92 Å². The summed E-state index contributed by atoms with van der Waals surface area (Å²) in [7, 11) is -0.164. The molecular weight excluding hydrogens is 428 g/mol. The van der Waals surface area contributed by atoms with E-state index in [1.165, 1.54) is 25.5 Å². The number of carbonyl (C=O) groups is 1. The molecule has 6 heteroatoms. The van der Waals surface area contributed by atoms with Gasteiger partial charge in [-0.1, -0.05) is 51.8 Å². The minimum atomic E-state index is -1.66. The van der Waals surface area contributed by atoms with Gasteiger partial charge in [0.2, 0.25) is 0 Å². The van der Waals surface area contributed by atoms with E-state index in [-0.39, 0.29) is 16.4 Å². The molecule has 0 radical (unpaired) electrons. The second-order valence-electron chi connectivity index (χ2n) is 11.6. The van der Waals surface area contributed by atoms with Gasteiger partial charge >= 0.3 is 5.97 Å². The van der Waals surface area contributed by atoms with E-state index in [4.69, 9.17) is 9.16 Å². The minimum absolute atomic E-state index is 0.130. The second kappa shape index (κ2) is 9.20. The number of para-hydroxylation sites is 1. The Labute approximate surface area is 200 Å². The van der Waals surface area contributed by atoms with Crippen molar-refractivity contribution in [1.29, 1.82) is 0 Å². The summed E-state index contributed by atoms with van der Waals surface area (Å²) in [5.74, 6) is 0.252. The number of ether oxygens (including phenoxy) is 1. The molecule has 0 saturated carbocycles. The van der Waals surface area contributed by atoms with Crippen molar-refractivity contribution in [3.05, 3.63) is 41.1 Å². The summed E-state index contributed by atoms with van der Waals surface area (Å²) in [6, 6.07) is 8.93. The molecule has 1 spiro atoms. The van der Waals surface area contributed by atoms with Crippen LogP contribution in [0.2, 0.25) is 18.1 Å². The van der Waals surface area contributed by atoms with Crippen molar-refractivity contribution in [2.45, 2.75) is 88.9 Å². The Bertz CT molecular complexity index is 920. The lowest BCUT2D eigenvalue weighted by atomic mass is 9.62. The fraction of sp³-hybridized carbons (Fsp3) is 0.667. The average molecular weight is 471 g/mol. The molecule has 1 aliphatic carbocycles. The molecule has 1 saturated heterocycles. The maximum Gasteiger partial charge on any atom is 0.335 e. The maximum absolute atomic E-state index is 12.8. The van der Waals surface area contributed by atoms with Crippen molar-refractivity contribution in [1.82, 2.24) is 5.32 Å². The van der Waals surface area contributed by atoms with Gasteiger partial charge in [-0.05, 0) is 67.9 Å². The van der Waals surface area contributed by atoms with Crippen LogP contribution in [0.4, 0.5) is 5.69 Å². The van der Waals surface area contributed by atoms with E-state index in [1.54, 1.807) is 0 Å². The van der Waals surface area contributed by atoms with Crippen molar-refractivity contribution >= 4 is 20.0 Å². The van der Waals surface area contributed by atoms with Crippen LogP contribution >= 0.6 is 0 Å². The number of nitrogens with one attached hydrogen (secondary N) is 2. The van der Waals surface area contributed by atoms with Crippen LogP contribution < -0.4 is 10.6 Å². The Kier molecular flexibility index (Phi) is 6.82. The minimum Gasteiger partial charge on any atom is -0.466 e. The first kappa shape index (κ1) is 24.5. The molecule has 2 aliphatic heterocycles. The number of fused-ring (bicyclic) bond motifs is 1. The predicted molar refractivity (Wildman–Crippen MR) is 137 cm³/mol. The van der Waals surface area contributed by atoms with Gasteiger partial charge < -0.3 is 19.8 Å². The zero-order chi connectivity index (χ0) is 23.9. The lowest BCUT2D eigenvalue weighted by Crippen LogP contribution is -2.50. The van der Waals surface area contributed by atoms with Crippen LogP contribution in [0.1, 0.15) is 64.9 Å². The second-order valence-corrected chi connectivity index (χ2v) is 16.4. The summed E-state index contributed by atoms with van der Waals surface area (Å²) in [5, 5.41) is 7.71. The van der Waals surface area contributed by atoms with Gasteiger partial charge in [0.05, 0.1) is 18.1 Å². The third kappa shape index (κ3) is 4.30.